The van der Waals surface area contributed by atoms with Gasteiger partial charge in [-0.3, -0.25) is 9.59 Å². The molecule has 1 aromatic heterocycles. The van der Waals surface area contributed by atoms with Gasteiger partial charge in [0.25, 0.3) is 0 Å². The first-order valence-corrected chi connectivity index (χ1v) is 9.57. The topological polar surface area (TPSA) is 88.3 Å². The molecule has 1 aromatic rings. The first-order chi connectivity index (χ1) is 12.2. The third kappa shape index (κ3) is 4.19. The number of hydrogen-bond acceptors (Lipinski definition) is 5. The molecule has 0 radical (unpaired) electrons. The van der Waals surface area contributed by atoms with E-state index in [9.17, 15) is 9.59 Å². The number of nitrogens with zero attached hydrogens (tertiary/aromatic N) is 3. The van der Waals surface area contributed by atoms with Crippen LogP contribution in [0.5, 0.6) is 0 Å². The van der Waals surface area contributed by atoms with E-state index in [0.717, 1.165) is 19.4 Å². The fourth-order valence-electron chi connectivity index (χ4n) is 3.90. The van der Waals surface area contributed by atoms with Crippen molar-refractivity contribution in [2.24, 2.45) is 5.92 Å². The van der Waals surface area contributed by atoms with Crippen molar-refractivity contribution in [2.45, 2.75) is 69.7 Å². The Labute approximate surface area is 147 Å². The molecule has 25 heavy (non-hydrogen) atoms. The first kappa shape index (κ1) is 16.5. The Morgan fingerprint density at radius 1 is 1.20 bits per heavy atom. The molecule has 3 aliphatic rings. The molecule has 1 N–H and O–H groups in total. The normalized spacial score (nSPS) is 24.7. The van der Waals surface area contributed by atoms with Gasteiger partial charge in [-0.1, -0.05) is 24.4 Å². The van der Waals surface area contributed by atoms with E-state index in [-0.39, 0.29) is 30.2 Å². The van der Waals surface area contributed by atoms with E-state index < -0.39 is 0 Å². The minimum Gasteiger partial charge on any atom is -0.353 e. The fourth-order valence-corrected chi connectivity index (χ4v) is 3.90. The second-order valence-corrected chi connectivity index (χ2v) is 7.77. The zero-order valence-corrected chi connectivity index (χ0v) is 14.6. The van der Waals surface area contributed by atoms with Crippen LogP contribution in [0.25, 0.3) is 0 Å². The average Bonchev–Trinajstić information content (AvgIpc) is 3.17. The van der Waals surface area contributed by atoms with Crippen LogP contribution in [0.1, 0.15) is 69.0 Å². The highest BCUT2D eigenvalue weighted by molar-refractivity contribution is 5.79. The Bertz CT molecular complexity index is 634. The Kier molecular flexibility index (Phi) is 4.72. The molecule has 2 heterocycles. The van der Waals surface area contributed by atoms with E-state index in [2.05, 4.69) is 15.5 Å². The van der Waals surface area contributed by atoms with Crippen LogP contribution in [0.15, 0.2) is 4.52 Å². The molecule has 1 saturated heterocycles. The van der Waals surface area contributed by atoms with Gasteiger partial charge >= 0.3 is 0 Å². The molecular formula is C18H26N4O3. The lowest BCUT2D eigenvalue weighted by molar-refractivity contribution is -0.128. The van der Waals surface area contributed by atoms with Crippen molar-refractivity contribution >= 4 is 11.8 Å². The molecule has 1 atom stereocenters. The quantitative estimate of drug-likeness (QED) is 0.848. The molecule has 0 spiro atoms. The number of hydrogen-bond donors (Lipinski definition) is 1. The summed E-state index contributed by atoms with van der Waals surface area (Å²) in [6.07, 6.45) is 8.79. The summed E-state index contributed by atoms with van der Waals surface area (Å²) in [5.41, 5.74) is 0. The minimum absolute atomic E-state index is 0.0334. The summed E-state index contributed by atoms with van der Waals surface area (Å²) in [5.74, 6) is 1.69. The van der Waals surface area contributed by atoms with Crippen LogP contribution in [-0.2, 0) is 16.0 Å². The molecule has 7 nitrogen and oxygen atoms in total. The molecule has 7 heteroatoms. The van der Waals surface area contributed by atoms with Gasteiger partial charge in [0.05, 0.1) is 12.3 Å². The van der Waals surface area contributed by atoms with Gasteiger partial charge in [0, 0.05) is 25.6 Å². The summed E-state index contributed by atoms with van der Waals surface area (Å²) in [6.45, 7) is 1.52. The van der Waals surface area contributed by atoms with Crippen molar-refractivity contribution in [3.8, 4) is 0 Å². The van der Waals surface area contributed by atoms with Crippen molar-refractivity contribution in [1.29, 1.82) is 0 Å². The summed E-state index contributed by atoms with van der Waals surface area (Å²) < 4.78 is 5.34. The van der Waals surface area contributed by atoms with Gasteiger partial charge in [0.15, 0.2) is 5.82 Å². The summed E-state index contributed by atoms with van der Waals surface area (Å²) in [4.78, 5) is 30.5. The number of aromatic nitrogens is 2. The Morgan fingerprint density at radius 3 is 2.76 bits per heavy atom. The fraction of sp³-hybridized carbons (Fsp3) is 0.778. The zero-order chi connectivity index (χ0) is 17.2. The highest BCUT2D eigenvalue weighted by Crippen LogP contribution is 2.34. The maximum absolute atomic E-state index is 12.1. The minimum atomic E-state index is -0.0443. The van der Waals surface area contributed by atoms with Crippen molar-refractivity contribution < 1.29 is 14.1 Å². The van der Waals surface area contributed by atoms with Crippen LogP contribution in [0.2, 0.25) is 0 Å². The lowest BCUT2D eigenvalue weighted by atomic mass is 9.95. The third-order valence-electron chi connectivity index (χ3n) is 5.51. The number of carbonyl (C=O) groups is 2. The molecule has 0 aromatic carbocycles. The molecule has 2 amide bonds. The molecule has 3 fully saturated rings. The Morgan fingerprint density at radius 2 is 2.00 bits per heavy atom. The third-order valence-corrected chi connectivity index (χ3v) is 5.51. The number of nitrogens with one attached hydrogen (secondary N) is 1. The van der Waals surface area contributed by atoms with Gasteiger partial charge in [-0.25, -0.2) is 0 Å². The van der Waals surface area contributed by atoms with E-state index >= 15 is 0 Å². The molecule has 136 valence electrons. The SMILES string of the molecule is O=C(Cc1noc(C2CC(=O)N(CC3CC3)C2)n1)NC1CCCCC1. The van der Waals surface area contributed by atoms with E-state index in [1.54, 1.807) is 0 Å². The highest BCUT2D eigenvalue weighted by Gasteiger charge is 2.37. The Balaban J connectivity index is 1.29. The van der Waals surface area contributed by atoms with Gasteiger partial charge in [-0.15, -0.1) is 0 Å². The van der Waals surface area contributed by atoms with E-state index in [1.165, 1.54) is 32.1 Å². The predicted molar refractivity (Wildman–Crippen MR) is 89.7 cm³/mol. The molecule has 4 rings (SSSR count). The van der Waals surface area contributed by atoms with E-state index in [0.29, 0.717) is 30.6 Å². The number of rotatable bonds is 6. The van der Waals surface area contributed by atoms with E-state index in [4.69, 9.17) is 4.52 Å². The summed E-state index contributed by atoms with van der Waals surface area (Å²) >= 11 is 0. The van der Waals surface area contributed by atoms with Gasteiger partial charge in [0.2, 0.25) is 17.7 Å². The number of amides is 2. The second kappa shape index (κ2) is 7.14. The maximum atomic E-state index is 12.1. The molecule has 2 aliphatic carbocycles. The van der Waals surface area contributed by atoms with Gasteiger partial charge in [-0.05, 0) is 31.6 Å². The molecule has 1 aliphatic heterocycles. The van der Waals surface area contributed by atoms with Crippen LogP contribution in [0.4, 0.5) is 0 Å². The van der Waals surface area contributed by atoms with Crippen LogP contribution < -0.4 is 5.32 Å². The Hall–Kier alpha value is -1.92. The summed E-state index contributed by atoms with van der Waals surface area (Å²) in [6, 6.07) is 0.288. The van der Waals surface area contributed by atoms with E-state index in [1.807, 2.05) is 4.90 Å². The predicted octanol–water partition coefficient (Wildman–Crippen LogP) is 1.79. The lowest BCUT2D eigenvalue weighted by Gasteiger charge is -2.22. The van der Waals surface area contributed by atoms with Crippen molar-refractivity contribution in [3.63, 3.8) is 0 Å². The van der Waals surface area contributed by atoms with Crippen LogP contribution in [0.3, 0.4) is 0 Å². The summed E-state index contributed by atoms with van der Waals surface area (Å²) in [7, 11) is 0. The number of likely N-dealkylation sites (tertiary alicyclic amines) is 1. The monoisotopic (exact) mass is 346 g/mol. The van der Waals surface area contributed by atoms with Gasteiger partial charge in [-0.2, -0.15) is 4.98 Å². The smallest absolute Gasteiger partial charge is 0.232 e. The molecular weight excluding hydrogens is 320 g/mol. The largest absolute Gasteiger partial charge is 0.353 e. The van der Waals surface area contributed by atoms with Crippen molar-refractivity contribution in [1.82, 2.24) is 20.4 Å². The van der Waals surface area contributed by atoms with Crippen molar-refractivity contribution in [2.75, 3.05) is 13.1 Å². The van der Waals surface area contributed by atoms with Crippen LogP contribution in [-0.4, -0.2) is 46.0 Å². The first-order valence-electron chi connectivity index (χ1n) is 9.57. The zero-order valence-electron chi connectivity index (χ0n) is 14.6. The van der Waals surface area contributed by atoms with Crippen LogP contribution >= 0.6 is 0 Å². The van der Waals surface area contributed by atoms with Gasteiger partial charge < -0.3 is 14.7 Å². The second-order valence-electron chi connectivity index (χ2n) is 7.77. The highest BCUT2D eigenvalue weighted by atomic mass is 16.5. The maximum Gasteiger partial charge on any atom is 0.232 e. The van der Waals surface area contributed by atoms with Gasteiger partial charge in [0.1, 0.15) is 0 Å². The lowest BCUT2D eigenvalue weighted by Crippen LogP contribution is -2.37. The molecule has 0 bridgehead atoms. The van der Waals surface area contributed by atoms with Crippen LogP contribution in [0, 0.1) is 5.92 Å². The molecule has 1 unspecified atom stereocenters. The summed E-state index contributed by atoms with van der Waals surface area (Å²) in [5, 5.41) is 7.01. The van der Waals surface area contributed by atoms with Crippen molar-refractivity contribution in [3.05, 3.63) is 11.7 Å². The average molecular weight is 346 g/mol. The number of carbonyl (C=O) groups excluding carboxylic acids is 2. The molecule has 2 saturated carbocycles. The standard InChI is InChI=1S/C18H26N4O3/c23-16(19-14-4-2-1-3-5-14)9-15-20-18(25-21-15)13-8-17(24)22(11-13)10-12-6-7-12/h12-14H,1-11H2,(H,19,23).